The zero-order valence-electron chi connectivity index (χ0n) is 19.4. The quantitative estimate of drug-likeness (QED) is 0.168. The van der Waals surface area contributed by atoms with Crippen molar-refractivity contribution in [1.29, 1.82) is 0 Å². The van der Waals surface area contributed by atoms with Crippen LogP contribution in [0.4, 0.5) is 16.2 Å². The number of carbonyl (C=O) groups excluding carboxylic acids is 2. The third kappa shape index (κ3) is 8.38. The first kappa shape index (κ1) is 27.3. The molecule has 2 unspecified atom stereocenters. The SMILES string of the molecule is Cc1ccc(N=NC(=O)N(c2ccccc2)C(C)C(=O)NC(CCCN=C(N)N)C(=O)O)cc1Cl. The molecule has 2 atom stereocenters. The molecule has 3 amide bonds. The van der Waals surface area contributed by atoms with E-state index < -0.39 is 30.0 Å². The second-order valence-electron chi connectivity index (χ2n) is 7.65. The summed E-state index contributed by atoms with van der Waals surface area (Å²) in [6.07, 6.45) is 0.427. The summed E-state index contributed by atoms with van der Waals surface area (Å²) < 4.78 is 0. The monoisotopic (exact) mass is 501 g/mol. The molecule has 0 saturated carbocycles. The first-order valence-corrected chi connectivity index (χ1v) is 11.1. The molecule has 2 aromatic carbocycles. The van der Waals surface area contributed by atoms with E-state index >= 15 is 0 Å². The highest BCUT2D eigenvalue weighted by Gasteiger charge is 2.30. The van der Waals surface area contributed by atoms with Crippen molar-refractivity contribution in [2.75, 3.05) is 11.4 Å². The number of benzene rings is 2. The van der Waals surface area contributed by atoms with Crippen LogP contribution in [0.15, 0.2) is 63.8 Å². The molecule has 0 spiro atoms. The average Bonchev–Trinajstić information content (AvgIpc) is 2.82. The van der Waals surface area contributed by atoms with Crippen LogP contribution in [-0.2, 0) is 9.59 Å². The lowest BCUT2D eigenvalue weighted by atomic mass is 10.1. The minimum Gasteiger partial charge on any atom is -0.480 e. The number of rotatable bonds is 10. The Bertz CT molecular complexity index is 1100. The van der Waals surface area contributed by atoms with Crippen molar-refractivity contribution < 1.29 is 19.5 Å². The molecule has 2 aromatic rings. The molecule has 0 fully saturated rings. The van der Waals surface area contributed by atoms with Crippen molar-refractivity contribution in [3.63, 3.8) is 0 Å². The highest BCUT2D eigenvalue weighted by Crippen LogP contribution is 2.24. The van der Waals surface area contributed by atoms with Crippen molar-refractivity contribution in [3.05, 3.63) is 59.1 Å². The van der Waals surface area contributed by atoms with Gasteiger partial charge in [-0.25, -0.2) is 9.59 Å². The Balaban J connectivity index is 2.21. The van der Waals surface area contributed by atoms with Crippen LogP contribution >= 0.6 is 11.6 Å². The topological polar surface area (TPSA) is 176 Å². The van der Waals surface area contributed by atoms with Crippen molar-refractivity contribution in [3.8, 4) is 0 Å². The number of aliphatic imine (C=N–C) groups is 1. The van der Waals surface area contributed by atoms with Gasteiger partial charge in [-0.3, -0.25) is 14.7 Å². The number of para-hydroxylation sites is 1. The molecule has 0 radical (unpaired) electrons. The molecule has 11 nitrogen and oxygen atoms in total. The molecule has 35 heavy (non-hydrogen) atoms. The van der Waals surface area contributed by atoms with Crippen LogP contribution in [0.1, 0.15) is 25.3 Å². The molecule has 186 valence electrons. The fourth-order valence-corrected chi connectivity index (χ4v) is 3.23. The van der Waals surface area contributed by atoms with E-state index in [-0.39, 0.29) is 18.9 Å². The number of halogens is 1. The zero-order valence-corrected chi connectivity index (χ0v) is 20.1. The van der Waals surface area contributed by atoms with Gasteiger partial charge in [0.15, 0.2) is 5.96 Å². The number of hydrogen-bond donors (Lipinski definition) is 4. The third-order valence-electron chi connectivity index (χ3n) is 4.97. The number of nitrogens with one attached hydrogen (secondary N) is 1. The summed E-state index contributed by atoms with van der Waals surface area (Å²) in [4.78, 5) is 42.5. The molecule has 0 aliphatic rings. The van der Waals surface area contributed by atoms with Gasteiger partial charge in [-0.1, -0.05) is 41.0 Å². The van der Waals surface area contributed by atoms with Crippen LogP contribution in [0.5, 0.6) is 0 Å². The van der Waals surface area contributed by atoms with E-state index in [1.165, 1.54) is 6.92 Å². The number of hydrogen-bond acceptors (Lipinski definition) is 5. The van der Waals surface area contributed by atoms with E-state index in [4.69, 9.17) is 23.1 Å². The molecule has 6 N–H and O–H groups in total. The Labute approximate surface area is 207 Å². The predicted octanol–water partition coefficient (Wildman–Crippen LogP) is 3.37. The highest BCUT2D eigenvalue weighted by molar-refractivity contribution is 6.31. The largest absolute Gasteiger partial charge is 0.480 e. The number of aryl methyl sites for hydroxylation is 1. The fraction of sp³-hybridized carbons (Fsp3) is 0.304. The van der Waals surface area contributed by atoms with E-state index in [1.807, 2.05) is 6.92 Å². The Morgan fingerprint density at radius 1 is 1.14 bits per heavy atom. The number of guanidine groups is 1. The summed E-state index contributed by atoms with van der Waals surface area (Å²) in [6.45, 7) is 3.52. The smallest absolute Gasteiger partial charge is 0.367 e. The Hall–Kier alpha value is -3.99. The third-order valence-corrected chi connectivity index (χ3v) is 5.38. The number of nitrogens with zero attached hydrogens (tertiary/aromatic N) is 4. The molecule has 0 heterocycles. The van der Waals surface area contributed by atoms with Crippen molar-refractivity contribution in [2.24, 2.45) is 26.7 Å². The standard InChI is InChI=1S/C23H28ClN7O4/c1-14-10-11-16(13-18(14)24)29-30-23(35)31(17-7-4-3-5-8-17)15(2)20(32)28-19(21(33)34)9-6-12-27-22(25)26/h3-5,7-8,10-11,13,15,19H,6,9,12H2,1-2H3,(H,28,32)(H,33,34)(H4,25,26,27). The second kappa shape index (κ2) is 13.0. The first-order chi connectivity index (χ1) is 16.6. The van der Waals surface area contributed by atoms with E-state index in [1.54, 1.807) is 48.5 Å². The molecular weight excluding hydrogens is 474 g/mol. The molecule has 0 aliphatic carbocycles. The van der Waals surface area contributed by atoms with Gasteiger partial charge in [0.25, 0.3) is 0 Å². The Morgan fingerprint density at radius 2 is 1.83 bits per heavy atom. The average molecular weight is 502 g/mol. The van der Waals surface area contributed by atoms with Crippen LogP contribution < -0.4 is 21.7 Å². The lowest BCUT2D eigenvalue weighted by Crippen LogP contribution is -2.51. The van der Waals surface area contributed by atoms with Gasteiger partial charge < -0.3 is 21.9 Å². The minimum absolute atomic E-state index is 0.0950. The lowest BCUT2D eigenvalue weighted by molar-refractivity contribution is -0.142. The van der Waals surface area contributed by atoms with Crippen LogP contribution in [0.25, 0.3) is 0 Å². The predicted molar refractivity (Wildman–Crippen MR) is 134 cm³/mol. The molecule has 2 rings (SSSR count). The zero-order chi connectivity index (χ0) is 26.0. The van der Waals surface area contributed by atoms with Crippen molar-refractivity contribution >= 4 is 46.8 Å². The van der Waals surface area contributed by atoms with Crippen LogP contribution in [0.2, 0.25) is 5.02 Å². The van der Waals surface area contributed by atoms with Crippen molar-refractivity contribution in [2.45, 2.75) is 38.8 Å². The molecule has 0 aromatic heterocycles. The van der Waals surface area contributed by atoms with E-state index in [0.717, 1.165) is 10.5 Å². The molecule has 12 heteroatoms. The molecular formula is C23H28ClN7O4. The van der Waals surface area contributed by atoms with Gasteiger partial charge in [-0.15, -0.1) is 5.11 Å². The number of azo groups is 1. The number of carbonyl (C=O) groups is 3. The van der Waals surface area contributed by atoms with Gasteiger partial charge >= 0.3 is 12.0 Å². The number of nitrogens with two attached hydrogens (primary N) is 2. The maximum Gasteiger partial charge on any atom is 0.367 e. The van der Waals surface area contributed by atoms with Crippen LogP contribution in [-0.4, -0.2) is 47.6 Å². The van der Waals surface area contributed by atoms with Crippen molar-refractivity contribution in [1.82, 2.24) is 5.32 Å². The lowest BCUT2D eigenvalue weighted by Gasteiger charge is -2.27. The van der Waals surface area contributed by atoms with Gasteiger partial charge in [0.2, 0.25) is 5.91 Å². The summed E-state index contributed by atoms with van der Waals surface area (Å²) in [5.74, 6) is -2.00. The van der Waals surface area contributed by atoms with Gasteiger partial charge in [0, 0.05) is 17.3 Å². The fourth-order valence-electron chi connectivity index (χ4n) is 3.05. The summed E-state index contributed by atoms with van der Waals surface area (Å²) in [7, 11) is 0. The first-order valence-electron chi connectivity index (χ1n) is 10.7. The van der Waals surface area contributed by atoms with Gasteiger partial charge in [-0.05, 0) is 56.5 Å². The van der Waals surface area contributed by atoms with Gasteiger partial charge in [0.1, 0.15) is 12.1 Å². The minimum atomic E-state index is -1.22. The number of carboxylic acid groups (broad SMARTS) is 1. The molecule has 0 aliphatic heterocycles. The summed E-state index contributed by atoms with van der Waals surface area (Å²) in [5, 5.41) is 20.1. The Kier molecular flexibility index (Phi) is 10.2. The Morgan fingerprint density at radius 3 is 2.43 bits per heavy atom. The van der Waals surface area contributed by atoms with E-state index in [9.17, 15) is 19.5 Å². The summed E-state index contributed by atoms with van der Waals surface area (Å²) >= 11 is 6.10. The summed E-state index contributed by atoms with van der Waals surface area (Å²) in [6, 6.07) is 10.3. The normalized spacial score (nSPS) is 12.5. The van der Waals surface area contributed by atoms with Crippen LogP contribution in [0, 0.1) is 6.92 Å². The summed E-state index contributed by atoms with van der Waals surface area (Å²) in [5.41, 5.74) is 12.1. The van der Waals surface area contributed by atoms with Gasteiger partial charge in [0.05, 0.1) is 5.69 Å². The van der Waals surface area contributed by atoms with Gasteiger partial charge in [-0.2, -0.15) is 0 Å². The highest BCUT2D eigenvalue weighted by atomic mass is 35.5. The number of aliphatic carboxylic acids is 1. The maximum absolute atomic E-state index is 13.0. The number of amides is 3. The number of anilines is 1. The maximum atomic E-state index is 13.0. The molecule has 0 bridgehead atoms. The number of urea groups is 1. The van der Waals surface area contributed by atoms with Crippen LogP contribution in [0.3, 0.4) is 0 Å². The number of carboxylic acids is 1. The van der Waals surface area contributed by atoms with E-state index in [0.29, 0.717) is 22.8 Å². The second-order valence-corrected chi connectivity index (χ2v) is 8.05. The molecule has 0 saturated heterocycles. The van der Waals surface area contributed by atoms with E-state index in [2.05, 4.69) is 20.5 Å².